The van der Waals surface area contributed by atoms with Gasteiger partial charge in [-0.2, -0.15) is 0 Å². The van der Waals surface area contributed by atoms with Crippen LogP contribution in [-0.2, 0) is 4.74 Å². The van der Waals surface area contributed by atoms with Crippen LogP contribution in [0.5, 0.6) is 5.75 Å². The predicted molar refractivity (Wildman–Crippen MR) is 108 cm³/mol. The molecule has 0 radical (unpaired) electrons. The van der Waals surface area contributed by atoms with Crippen LogP contribution >= 0.6 is 0 Å². The van der Waals surface area contributed by atoms with Crippen LogP contribution < -0.4 is 4.74 Å². The Hall–Kier alpha value is -2.59. The highest BCUT2D eigenvalue weighted by molar-refractivity contribution is 5.81. The van der Waals surface area contributed by atoms with E-state index in [0.717, 1.165) is 43.1 Å². The summed E-state index contributed by atoms with van der Waals surface area (Å²) in [6.45, 7) is 5.91. The molecule has 1 aliphatic heterocycles. The van der Waals surface area contributed by atoms with Gasteiger partial charge in [0.25, 0.3) is 0 Å². The van der Waals surface area contributed by atoms with Crippen molar-refractivity contribution in [2.75, 3.05) is 20.3 Å². The molecule has 1 saturated heterocycles. The highest BCUT2D eigenvalue weighted by atomic mass is 16.5. The highest BCUT2D eigenvalue weighted by Gasteiger charge is 2.24. The molecule has 0 bridgehead atoms. The van der Waals surface area contributed by atoms with Crippen molar-refractivity contribution in [2.45, 2.75) is 32.7 Å². The molecule has 4 rings (SSSR count). The molecule has 2 aromatic carbocycles. The fourth-order valence-corrected chi connectivity index (χ4v) is 3.95. The van der Waals surface area contributed by atoms with E-state index in [2.05, 4.69) is 54.8 Å². The third-order valence-electron chi connectivity index (χ3n) is 5.64. The van der Waals surface area contributed by atoms with Gasteiger partial charge in [0.2, 0.25) is 0 Å². The maximum absolute atomic E-state index is 5.58. The standard InChI is InChI=1S/C23H26N2O2/c1-16-17(2)21(26-3)10-9-20(16)23-22(18-7-5-4-6-8-18)24-15-25(23)19-11-13-27-14-12-19/h4-10,15,19H,11-14H2,1-3H3. The number of imidazole rings is 1. The number of hydrogen-bond acceptors (Lipinski definition) is 3. The summed E-state index contributed by atoms with van der Waals surface area (Å²) >= 11 is 0. The SMILES string of the molecule is COc1ccc(-c2c(-c3ccccc3)ncn2C2CCOCC2)c(C)c1C. The molecule has 1 aromatic heterocycles. The van der Waals surface area contributed by atoms with Gasteiger partial charge in [0.15, 0.2) is 0 Å². The second-order valence-electron chi connectivity index (χ2n) is 7.12. The van der Waals surface area contributed by atoms with E-state index in [9.17, 15) is 0 Å². The monoisotopic (exact) mass is 362 g/mol. The number of rotatable bonds is 4. The van der Waals surface area contributed by atoms with Crippen molar-refractivity contribution in [1.82, 2.24) is 9.55 Å². The number of aromatic nitrogens is 2. The van der Waals surface area contributed by atoms with Crippen LogP contribution in [0.3, 0.4) is 0 Å². The van der Waals surface area contributed by atoms with Crippen molar-refractivity contribution >= 4 is 0 Å². The fourth-order valence-electron chi connectivity index (χ4n) is 3.95. The summed E-state index contributed by atoms with van der Waals surface area (Å²) < 4.78 is 13.5. The van der Waals surface area contributed by atoms with Gasteiger partial charge in [0.05, 0.1) is 24.8 Å². The summed E-state index contributed by atoms with van der Waals surface area (Å²) in [4.78, 5) is 4.84. The van der Waals surface area contributed by atoms with Crippen LogP contribution in [0.25, 0.3) is 22.5 Å². The van der Waals surface area contributed by atoms with Gasteiger partial charge in [-0.1, -0.05) is 30.3 Å². The lowest BCUT2D eigenvalue weighted by Gasteiger charge is -2.26. The summed E-state index contributed by atoms with van der Waals surface area (Å²) in [5.74, 6) is 0.926. The summed E-state index contributed by atoms with van der Waals surface area (Å²) in [7, 11) is 1.73. The number of hydrogen-bond donors (Lipinski definition) is 0. The molecule has 27 heavy (non-hydrogen) atoms. The van der Waals surface area contributed by atoms with Gasteiger partial charge in [0, 0.05) is 30.4 Å². The lowest BCUT2D eigenvalue weighted by molar-refractivity contribution is 0.0699. The first-order valence-electron chi connectivity index (χ1n) is 9.55. The Morgan fingerprint density at radius 2 is 1.74 bits per heavy atom. The van der Waals surface area contributed by atoms with Crippen LogP contribution in [0.2, 0.25) is 0 Å². The molecular formula is C23H26N2O2. The van der Waals surface area contributed by atoms with Crippen molar-refractivity contribution in [3.63, 3.8) is 0 Å². The number of nitrogens with zero attached hydrogens (tertiary/aromatic N) is 2. The molecule has 0 atom stereocenters. The van der Waals surface area contributed by atoms with E-state index in [4.69, 9.17) is 14.5 Å². The van der Waals surface area contributed by atoms with Crippen molar-refractivity contribution < 1.29 is 9.47 Å². The van der Waals surface area contributed by atoms with Gasteiger partial charge in [-0.25, -0.2) is 4.98 Å². The molecule has 2 heterocycles. The molecule has 0 amide bonds. The predicted octanol–water partition coefficient (Wildman–Crippen LogP) is 5.19. The van der Waals surface area contributed by atoms with Gasteiger partial charge in [0.1, 0.15) is 5.75 Å². The third-order valence-corrected chi connectivity index (χ3v) is 5.64. The summed E-state index contributed by atoms with van der Waals surface area (Å²) in [6.07, 6.45) is 4.05. The normalized spacial score (nSPS) is 15.1. The Morgan fingerprint density at radius 1 is 1.00 bits per heavy atom. The Bertz CT molecular complexity index is 925. The lowest BCUT2D eigenvalue weighted by Crippen LogP contribution is -2.20. The van der Waals surface area contributed by atoms with Gasteiger partial charge in [-0.05, 0) is 49.9 Å². The number of methoxy groups -OCH3 is 1. The molecule has 0 aliphatic carbocycles. The molecule has 1 fully saturated rings. The third kappa shape index (κ3) is 3.26. The fraction of sp³-hybridized carbons (Fsp3) is 0.348. The quantitative estimate of drug-likeness (QED) is 0.640. The first kappa shape index (κ1) is 17.8. The average molecular weight is 362 g/mol. The van der Waals surface area contributed by atoms with Crippen molar-refractivity contribution in [2.24, 2.45) is 0 Å². The molecule has 0 spiro atoms. The smallest absolute Gasteiger partial charge is 0.122 e. The van der Waals surface area contributed by atoms with Crippen molar-refractivity contribution in [1.29, 1.82) is 0 Å². The zero-order valence-electron chi connectivity index (χ0n) is 16.2. The van der Waals surface area contributed by atoms with Crippen LogP contribution in [0.4, 0.5) is 0 Å². The van der Waals surface area contributed by atoms with Gasteiger partial charge in [-0.15, -0.1) is 0 Å². The topological polar surface area (TPSA) is 36.3 Å². The molecule has 140 valence electrons. The van der Waals surface area contributed by atoms with E-state index < -0.39 is 0 Å². The Balaban J connectivity index is 1.91. The zero-order chi connectivity index (χ0) is 18.8. The summed E-state index contributed by atoms with van der Waals surface area (Å²) in [5.41, 5.74) is 7.00. The maximum Gasteiger partial charge on any atom is 0.122 e. The zero-order valence-corrected chi connectivity index (χ0v) is 16.2. The lowest BCUT2D eigenvalue weighted by atomic mass is 9.96. The van der Waals surface area contributed by atoms with Crippen LogP contribution in [0.1, 0.15) is 30.0 Å². The van der Waals surface area contributed by atoms with Crippen LogP contribution in [0.15, 0.2) is 48.8 Å². The Kier molecular flexibility index (Phi) is 4.99. The van der Waals surface area contributed by atoms with E-state index in [1.165, 1.54) is 22.4 Å². The summed E-state index contributed by atoms with van der Waals surface area (Å²) in [5, 5.41) is 0. The minimum atomic E-state index is 0.417. The molecule has 4 nitrogen and oxygen atoms in total. The number of ether oxygens (including phenoxy) is 2. The highest BCUT2D eigenvalue weighted by Crippen LogP contribution is 2.39. The van der Waals surface area contributed by atoms with E-state index in [1.807, 2.05) is 12.4 Å². The van der Waals surface area contributed by atoms with Gasteiger partial charge >= 0.3 is 0 Å². The van der Waals surface area contributed by atoms with Crippen LogP contribution in [-0.4, -0.2) is 29.9 Å². The molecular weight excluding hydrogens is 336 g/mol. The Labute approximate surface area is 160 Å². The second kappa shape index (κ2) is 7.57. The first-order chi connectivity index (χ1) is 13.2. The molecule has 0 N–H and O–H groups in total. The van der Waals surface area contributed by atoms with E-state index in [-0.39, 0.29) is 0 Å². The van der Waals surface area contributed by atoms with Crippen molar-refractivity contribution in [3.05, 3.63) is 59.9 Å². The summed E-state index contributed by atoms with van der Waals surface area (Å²) in [6, 6.07) is 15.1. The molecule has 4 heteroatoms. The minimum Gasteiger partial charge on any atom is -0.496 e. The first-order valence-corrected chi connectivity index (χ1v) is 9.55. The van der Waals surface area contributed by atoms with E-state index in [1.54, 1.807) is 7.11 Å². The van der Waals surface area contributed by atoms with Gasteiger partial charge in [-0.3, -0.25) is 0 Å². The largest absolute Gasteiger partial charge is 0.496 e. The molecule has 0 unspecified atom stereocenters. The average Bonchev–Trinajstić information content (AvgIpc) is 3.16. The van der Waals surface area contributed by atoms with Crippen LogP contribution in [0, 0.1) is 13.8 Å². The molecule has 1 aliphatic rings. The van der Waals surface area contributed by atoms with Gasteiger partial charge < -0.3 is 14.0 Å². The second-order valence-corrected chi connectivity index (χ2v) is 7.12. The maximum atomic E-state index is 5.58. The number of benzene rings is 2. The minimum absolute atomic E-state index is 0.417. The molecule has 3 aromatic rings. The van der Waals surface area contributed by atoms with Crippen molar-refractivity contribution in [3.8, 4) is 28.3 Å². The Morgan fingerprint density at radius 3 is 2.44 bits per heavy atom. The molecule has 0 saturated carbocycles. The van der Waals surface area contributed by atoms with E-state index >= 15 is 0 Å². The van der Waals surface area contributed by atoms with E-state index in [0.29, 0.717) is 6.04 Å².